The number of nitrogens with two attached hydrogens (primary N) is 1. The zero-order valence-electron chi connectivity index (χ0n) is 17.9. The van der Waals surface area contributed by atoms with Crippen molar-refractivity contribution in [3.05, 3.63) is 76.0 Å². The van der Waals surface area contributed by atoms with E-state index in [9.17, 15) is 14.4 Å². The van der Waals surface area contributed by atoms with Crippen LogP contribution in [0, 0.1) is 17.1 Å². The van der Waals surface area contributed by atoms with Gasteiger partial charge in [-0.15, -0.1) is 0 Å². The molecule has 0 radical (unpaired) electrons. The lowest BCUT2D eigenvalue weighted by Gasteiger charge is -2.15. The van der Waals surface area contributed by atoms with Crippen molar-refractivity contribution in [1.29, 1.82) is 5.26 Å². The van der Waals surface area contributed by atoms with E-state index in [1.807, 2.05) is 26.0 Å². The standard InChI is InChI=1S/C23H20FN7OS/c1-13(2)31-21-19(11-27-23(26)29-21)28-20(22(31)32)14-7-8-18(17(24)9-14)30-33-12-16-6-4-3-5-15(16)10-25/h3-9,11,13,30H,12H2,1-2H3,(H2,26,27,29). The molecule has 3 N–H and O–H groups in total. The number of benzene rings is 2. The molecule has 0 fully saturated rings. The fourth-order valence-electron chi connectivity index (χ4n) is 3.37. The van der Waals surface area contributed by atoms with E-state index >= 15 is 0 Å². The van der Waals surface area contributed by atoms with E-state index < -0.39 is 11.4 Å². The summed E-state index contributed by atoms with van der Waals surface area (Å²) in [5.74, 6) is 0.000992. The first-order chi connectivity index (χ1) is 15.9. The molecule has 0 saturated heterocycles. The first kappa shape index (κ1) is 22.2. The third-order valence-corrected chi connectivity index (χ3v) is 5.78. The lowest BCUT2D eigenvalue weighted by molar-refractivity contribution is 0.593. The molecule has 0 atom stereocenters. The van der Waals surface area contributed by atoms with Gasteiger partial charge in [-0.1, -0.05) is 24.3 Å². The van der Waals surface area contributed by atoms with Gasteiger partial charge in [-0.25, -0.2) is 14.4 Å². The monoisotopic (exact) mass is 461 g/mol. The molecule has 0 aliphatic heterocycles. The maximum absolute atomic E-state index is 14.9. The molecule has 10 heteroatoms. The fourth-order valence-corrected chi connectivity index (χ4v) is 4.17. The van der Waals surface area contributed by atoms with Crippen molar-refractivity contribution >= 4 is 34.7 Å². The third-order valence-electron chi connectivity index (χ3n) is 4.96. The molecule has 0 saturated carbocycles. The van der Waals surface area contributed by atoms with Gasteiger partial charge in [0.2, 0.25) is 5.95 Å². The van der Waals surface area contributed by atoms with Gasteiger partial charge in [0.25, 0.3) is 5.56 Å². The molecule has 33 heavy (non-hydrogen) atoms. The number of anilines is 2. The molecule has 0 amide bonds. The first-order valence-corrected chi connectivity index (χ1v) is 11.1. The smallest absolute Gasteiger partial charge is 0.278 e. The van der Waals surface area contributed by atoms with Crippen LogP contribution in [0.5, 0.6) is 0 Å². The maximum atomic E-state index is 14.9. The van der Waals surface area contributed by atoms with Crippen LogP contribution in [-0.4, -0.2) is 19.5 Å². The molecule has 0 aliphatic carbocycles. The van der Waals surface area contributed by atoms with Gasteiger partial charge in [0.05, 0.1) is 23.5 Å². The second kappa shape index (κ2) is 9.26. The normalized spacial score (nSPS) is 11.0. The number of fused-ring (bicyclic) bond motifs is 1. The van der Waals surface area contributed by atoms with Gasteiger partial charge in [-0.05, 0) is 49.6 Å². The van der Waals surface area contributed by atoms with E-state index in [-0.39, 0.29) is 23.4 Å². The maximum Gasteiger partial charge on any atom is 0.278 e. The molecule has 4 rings (SSSR count). The number of nitrogen functional groups attached to an aromatic ring is 1. The van der Waals surface area contributed by atoms with Crippen LogP contribution in [0.2, 0.25) is 0 Å². The van der Waals surface area contributed by atoms with E-state index in [0.29, 0.717) is 28.0 Å². The second-order valence-corrected chi connectivity index (χ2v) is 8.30. The van der Waals surface area contributed by atoms with Gasteiger partial charge >= 0.3 is 0 Å². The molecule has 4 aromatic rings. The summed E-state index contributed by atoms with van der Waals surface area (Å²) in [7, 11) is 0. The summed E-state index contributed by atoms with van der Waals surface area (Å²) in [6.45, 7) is 3.69. The molecular formula is C23H20FN7OS. The lowest BCUT2D eigenvalue weighted by Crippen LogP contribution is -2.26. The Morgan fingerprint density at radius 3 is 2.76 bits per heavy atom. The summed E-state index contributed by atoms with van der Waals surface area (Å²) in [6, 6.07) is 13.6. The predicted molar refractivity (Wildman–Crippen MR) is 128 cm³/mol. The number of halogens is 1. The number of rotatable bonds is 6. The van der Waals surface area contributed by atoms with E-state index in [1.165, 1.54) is 28.8 Å². The van der Waals surface area contributed by atoms with Gasteiger partial charge in [0.15, 0.2) is 5.65 Å². The molecule has 2 aromatic carbocycles. The Kier molecular flexibility index (Phi) is 6.24. The molecule has 2 aromatic heterocycles. The summed E-state index contributed by atoms with van der Waals surface area (Å²) in [4.78, 5) is 25.6. The summed E-state index contributed by atoms with van der Waals surface area (Å²) in [5, 5.41) is 9.19. The van der Waals surface area contributed by atoms with Crippen LogP contribution in [0.3, 0.4) is 0 Å². The van der Waals surface area contributed by atoms with Crippen LogP contribution in [0.4, 0.5) is 16.0 Å². The van der Waals surface area contributed by atoms with Crippen LogP contribution in [0.1, 0.15) is 31.0 Å². The number of nitriles is 1. The minimum Gasteiger partial charge on any atom is -0.368 e. The van der Waals surface area contributed by atoms with Gasteiger partial charge in [-0.3, -0.25) is 9.36 Å². The Labute approximate surface area is 193 Å². The van der Waals surface area contributed by atoms with Crippen molar-refractivity contribution in [3.8, 4) is 17.3 Å². The Morgan fingerprint density at radius 1 is 1.24 bits per heavy atom. The second-order valence-electron chi connectivity index (χ2n) is 7.52. The van der Waals surface area contributed by atoms with Crippen molar-refractivity contribution < 1.29 is 4.39 Å². The lowest BCUT2D eigenvalue weighted by atomic mass is 10.1. The van der Waals surface area contributed by atoms with Gasteiger partial charge in [0.1, 0.15) is 17.0 Å². The average molecular weight is 462 g/mol. The van der Waals surface area contributed by atoms with E-state index in [2.05, 4.69) is 25.7 Å². The predicted octanol–water partition coefficient (Wildman–Crippen LogP) is 4.29. The van der Waals surface area contributed by atoms with Gasteiger partial charge in [0, 0.05) is 17.4 Å². The van der Waals surface area contributed by atoms with E-state index in [1.54, 1.807) is 24.3 Å². The number of hydrogen-bond acceptors (Lipinski definition) is 8. The highest BCUT2D eigenvalue weighted by Crippen LogP contribution is 2.26. The van der Waals surface area contributed by atoms with Crippen LogP contribution in [-0.2, 0) is 5.75 Å². The van der Waals surface area contributed by atoms with Crippen molar-refractivity contribution in [2.24, 2.45) is 0 Å². The molecule has 8 nitrogen and oxygen atoms in total. The summed E-state index contributed by atoms with van der Waals surface area (Å²) in [6.07, 6.45) is 1.45. The zero-order valence-corrected chi connectivity index (χ0v) is 18.7. The molecule has 2 heterocycles. The Balaban J connectivity index is 1.63. The van der Waals surface area contributed by atoms with Gasteiger partial charge in [-0.2, -0.15) is 10.2 Å². The molecule has 0 spiro atoms. The van der Waals surface area contributed by atoms with Gasteiger partial charge < -0.3 is 10.5 Å². The van der Waals surface area contributed by atoms with Crippen LogP contribution >= 0.6 is 11.9 Å². The number of aromatic nitrogens is 4. The van der Waals surface area contributed by atoms with Crippen LogP contribution < -0.4 is 16.0 Å². The molecule has 0 aliphatic rings. The highest BCUT2D eigenvalue weighted by Gasteiger charge is 2.17. The minimum atomic E-state index is -0.528. The van der Waals surface area contributed by atoms with Crippen molar-refractivity contribution in [2.75, 3.05) is 10.5 Å². The third kappa shape index (κ3) is 4.49. The topological polar surface area (TPSA) is 123 Å². The average Bonchev–Trinajstić information content (AvgIpc) is 2.79. The fraction of sp³-hybridized carbons (Fsp3) is 0.174. The van der Waals surface area contributed by atoms with E-state index in [4.69, 9.17) is 5.73 Å². The number of nitrogens with zero attached hydrogens (tertiary/aromatic N) is 5. The number of hydrogen-bond donors (Lipinski definition) is 2. The molecule has 0 unspecified atom stereocenters. The Bertz CT molecular complexity index is 1450. The highest BCUT2D eigenvalue weighted by molar-refractivity contribution is 7.99. The highest BCUT2D eigenvalue weighted by atomic mass is 32.2. The SMILES string of the molecule is CC(C)n1c(=O)c(-c2ccc(NSCc3ccccc3C#N)c(F)c2)nc2cnc(N)nc21. The quantitative estimate of drug-likeness (QED) is 0.408. The molecular weight excluding hydrogens is 441 g/mol. The molecule has 166 valence electrons. The Hall–Kier alpha value is -3.97. The van der Waals surface area contributed by atoms with E-state index in [0.717, 1.165) is 5.56 Å². The van der Waals surface area contributed by atoms with Crippen LogP contribution in [0.15, 0.2) is 53.5 Å². The van der Waals surface area contributed by atoms with Crippen LogP contribution in [0.25, 0.3) is 22.4 Å². The Morgan fingerprint density at radius 2 is 2.03 bits per heavy atom. The first-order valence-electron chi connectivity index (χ1n) is 10.1. The largest absolute Gasteiger partial charge is 0.368 e. The summed E-state index contributed by atoms with van der Waals surface area (Å²) in [5.41, 5.74) is 8.16. The van der Waals surface area contributed by atoms with Crippen molar-refractivity contribution in [2.45, 2.75) is 25.6 Å². The summed E-state index contributed by atoms with van der Waals surface area (Å²) < 4.78 is 19.3. The minimum absolute atomic E-state index is 0.0437. The zero-order chi connectivity index (χ0) is 23.5. The molecule has 0 bridgehead atoms. The number of nitrogens with one attached hydrogen (secondary N) is 1. The van der Waals surface area contributed by atoms with Crippen molar-refractivity contribution in [3.63, 3.8) is 0 Å². The van der Waals surface area contributed by atoms with Crippen molar-refractivity contribution in [1.82, 2.24) is 19.5 Å². The summed E-state index contributed by atoms with van der Waals surface area (Å²) >= 11 is 1.27.